The average molecular weight is 339 g/mol. The molecule has 0 aliphatic rings. The van der Waals surface area contributed by atoms with Crippen LogP contribution in [0.5, 0.6) is 0 Å². The summed E-state index contributed by atoms with van der Waals surface area (Å²) in [6.45, 7) is 2.76. The molecule has 122 valence electrons. The predicted molar refractivity (Wildman–Crippen MR) is 99.1 cm³/mol. The molecule has 24 heavy (non-hydrogen) atoms. The van der Waals surface area contributed by atoms with Gasteiger partial charge >= 0.3 is 0 Å². The average Bonchev–Trinajstić information content (AvgIpc) is 3.14. The van der Waals surface area contributed by atoms with Crippen molar-refractivity contribution < 1.29 is 4.74 Å². The Morgan fingerprint density at radius 1 is 1.21 bits per heavy atom. The number of benzene rings is 2. The maximum atomic E-state index is 6.11. The summed E-state index contributed by atoms with van der Waals surface area (Å²) in [5.41, 5.74) is 3.13. The van der Waals surface area contributed by atoms with Gasteiger partial charge in [-0.2, -0.15) is 0 Å². The standard InChI is InChI=1S/C20H19ClN2O/c1-2-12-24-20(17-4-3-5-18(21)14-17)13-16-6-8-19(9-7-16)23-11-10-22-15-23/h3-11,13-15H,2,12H2,1H3. The molecule has 0 atom stereocenters. The van der Waals surface area contributed by atoms with Gasteiger partial charge in [-0.1, -0.05) is 42.8 Å². The summed E-state index contributed by atoms with van der Waals surface area (Å²) in [4.78, 5) is 4.07. The molecular weight excluding hydrogens is 320 g/mol. The second kappa shape index (κ2) is 7.84. The van der Waals surface area contributed by atoms with Crippen LogP contribution in [-0.2, 0) is 4.74 Å². The number of aromatic nitrogens is 2. The van der Waals surface area contributed by atoms with E-state index in [1.165, 1.54) is 0 Å². The summed E-state index contributed by atoms with van der Waals surface area (Å²) >= 11 is 6.11. The van der Waals surface area contributed by atoms with Gasteiger partial charge in [0.2, 0.25) is 0 Å². The van der Waals surface area contributed by atoms with Crippen LogP contribution in [0.15, 0.2) is 67.3 Å². The summed E-state index contributed by atoms with van der Waals surface area (Å²) in [7, 11) is 0. The van der Waals surface area contributed by atoms with Gasteiger partial charge < -0.3 is 9.30 Å². The molecule has 0 spiro atoms. The molecule has 0 radical (unpaired) electrons. The maximum Gasteiger partial charge on any atom is 0.127 e. The fourth-order valence-corrected chi connectivity index (χ4v) is 2.56. The molecule has 0 aliphatic heterocycles. The molecule has 0 bridgehead atoms. The van der Waals surface area contributed by atoms with Crippen LogP contribution >= 0.6 is 11.6 Å². The molecule has 0 amide bonds. The van der Waals surface area contributed by atoms with Crippen LogP contribution in [-0.4, -0.2) is 16.2 Å². The van der Waals surface area contributed by atoms with Gasteiger partial charge in [0.1, 0.15) is 5.76 Å². The summed E-state index contributed by atoms with van der Waals surface area (Å²) in [5, 5.41) is 0.703. The van der Waals surface area contributed by atoms with Gasteiger partial charge in [-0.15, -0.1) is 0 Å². The van der Waals surface area contributed by atoms with Crippen LogP contribution in [0.3, 0.4) is 0 Å². The third-order valence-electron chi connectivity index (χ3n) is 3.56. The third-order valence-corrected chi connectivity index (χ3v) is 3.80. The zero-order valence-electron chi connectivity index (χ0n) is 13.5. The molecule has 0 saturated carbocycles. The lowest BCUT2D eigenvalue weighted by molar-refractivity contribution is 0.279. The Hall–Kier alpha value is -2.52. The van der Waals surface area contributed by atoms with Gasteiger partial charge in [-0.25, -0.2) is 4.98 Å². The molecule has 0 fully saturated rings. The van der Waals surface area contributed by atoms with Crippen LogP contribution in [0.25, 0.3) is 17.5 Å². The third kappa shape index (κ3) is 4.06. The molecule has 2 aromatic carbocycles. The zero-order valence-corrected chi connectivity index (χ0v) is 14.3. The monoisotopic (exact) mass is 338 g/mol. The van der Waals surface area contributed by atoms with Crippen molar-refractivity contribution in [2.75, 3.05) is 6.61 Å². The van der Waals surface area contributed by atoms with Crippen molar-refractivity contribution in [3.63, 3.8) is 0 Å². The fourth-order valence-electron chi connectivity index (χ4n) is 2.37. The van der Waals surface area contributed by atoms with Crippen LogP contribution in [0.4, 0.5) is 0 Å². The summed E-state index contributed by atoms with van der Waals surface area (Å²) in [5.74, 6) is 0.828. The minimum absolute atomic E-state index is 0.672. The van der Waals surface area contributed by atoms with E-state index in [0.717, 1.165) is 29.0 Å². The van der Waals surface area contributed by atoms with Gasteiger partial charge in [0.05, 0.1) is 12.9 Å². The van der Waals surface area contributed by atoms with Gasteiger partial charge in [0, 0.05) is 28.7 Å². The molecule has 0 unspecified atom stereocenters. The number of hydrogen-bond acceptors (Lipinski definition) is 2. The van der Waals surface area contributed by atoms with E-state index in [1.807, 2.05) is 41.1 Å². The molecule has 1 aromatic heterocycles. The molecule has 0 N–H and O–H groups in total. The topological polar surface area (TPSA) is 27.1 Å². The lowest BCUT2D eigenvalue weighted by Gasteiger charge is -2.11. The first-order valence-corrected chi connectivity index (χ1v) is 8.33. The summed E-state index contributed by atoms with van der Waals surface area (Å²) in [6.07, 6.45) is 8.47. The SMILES string of the molecule is CCCOC(=Cc1ccc(-n2ccnc2)cc1)c1cccc(Cl)c1. The van der Waals surface area contributed by atoms with Gasteiger partial charge in [0.25, 0.3) is 0 Å². The van der Waals surface area contributed by atoms with Gasteiger partial charge in [0.15, 0.2) is 0 Å². The second-order valence-corrected chi connectivity index (χ2v) is 5.87. The first kappa shape index (κ1) is 16.3. The number of nitrogens with zero attached hydrogens (tertiary/aromatic N) is 2. The predicted octanol–water partition coefficient (Wildman–Crippen LogP) is 5.45. The molecular formula is C20H19ClN2O. The van der Waals surface area contributed by atoms with E-state index in [0.29, 0.717) is 11.6 Å². The van der Waals surface area contributed by atoms with Crippen molar-refractivity contribution in [1.82, 2.24) is 9.55 Å². The smallest absolute Gasteiger partial charge is 0.127 e. The van der Waals surface area contributed by atoms with Crippen LogP contribution in [0.1, 0.15) is 24.5 Å². The number of imidazole rings is 1. The van der Waals surface area contributed by atoms with E-state index < -0.39 is 0 Å². The summed E-state index contributed by atoms with van der Waals surface area (Å²) in [6, 6.07) is 16.0. The van der Waals surface area contributed by atoms with Crippen molar-refractivity contribution in [2.45, 2.75) is 13.3 Å². The Balaban J connectivity index is 1.89. The molecule has 4 heteroatoms. The molecule has 3 aromatic rings. The van der Waals surface area contributed by atoms with Crippen molar-refractivity contribution in [1.29, 1.82) is 0 Å². The highest BCUT2D eigenvalue weighted by Crippen LogP contribution is 2.23. The van der Waals surface area contributed by atoms with Crippen molar-refractivity contribution in [3.8, 4) is 5.69 Å². The largest absolute Gasteiger partial charge is 0.493 e. The minimum atomic E-state index is 0.672. The van der Waals surface area contributed by atoms with Gasteiger partial charge in [-0.05, 0) is 42.3 Å². The van der Waals surface area contributed by atoms with E-state index in [-0.39, 0.29) is 0 Å². The van der Waals surface area contributed by atoms with Crippen molar-refractivity contribution in [2.24, 2.45) is 0 Å². The second-order valence-electron chi connectivity index (χ2n) is 5.43. The normalized spacial score (nSPS) is 11.5. The number of hydrogen-bond donors (Lipinski definition) is 0. The highest BCUT2D eigenvalue weighted by atomic mass is 35.5. The van der Waals surface area contributed by atoms with E-state index in [9.17, 15) is 0 Å². The Morgan fingerprint density at radius 3 is 2.71 bits per heavy atom. The molecule has 0 aliphatic carbocycles. The summed E-state index contributed by atoms with van der Waals surface area (Å²) < 4.78 is 7.90. The molecule has 0 saturated heterocycles. The first-order valence-electron chi connectivity index (χ1n) is 7.95. The van der Waals surface area contributed by atoms with Crippen LogP contribution in [0.2, 0.25) is 5.02 Å². The Bertz CT molecular complexity index is 808. The van der Waals surface area contributed by atoms with Gasteiger partial charge in [-0.3, -0.25) is 0 Å². The Kier molecular flexibility index (Phi) is 5.34. The van der Waals surface area contributed by atoms with E-state index in [4.69, 9.17) is 16.3 Å². The van der Waals surface area contributed by atoms with Crippen molar-refractivity contribution >= 4 is 23.4 Å². The number of halogens is 1. The highest BCUT2D eigenvalue weighted by molar-refractivity contribution is 6.30. The fraction of sp³-hybridized carbons (Fsp3) is 0.150. The zero-order chi connectivity index (χ0) is 16.8. The van der Waals surface area contributed by atoms with E-state index >= 15 is 0 Å². The van der Waals surface area contributed by atoms with E-state index in [2.05, 4.69) is 36.2 Å². The lowest BCUT2D eigenvalue weighted by Crippen LogP contribution is -1.94. The minimum Gasteiger partial charge on any atom is -0.493 e. The Labute approximate surface area is 147 Å². The van der Waals surface area contributed by atoms with Crippen LogP contribution in [0, 0.1) is 0 Å². The van der Waals surface area contributed by atoms with Crippen molar-refractivity contribution in [3.05, 3.63) is 83.4 Å². The molecule has 3 rings (SSSR count). The van der Waals surface area contributed by atoms with E-state index in [1.54, 1.807) is 12.5 Å². The number of rotatable bonds is 6. The Morgan fingerprint density at radius 2 is 2.04 bits per heavy atom. The van der Waals surface area contributed by atoms with Crippen LogP contribution < -0.4 is 0 Å². The molecule has 1 heterocycles. The maximum absolute atomic E-state index is 6.11. The first-order chi connectivity index (χ1) is 11.8. The lowest BCUT2D eigenvalue weighted by atomic mass is 10.1. The quantitative estimate of drug-likeness (QED) is 0.441. The molecule has 3 nitrogen and oxygen atoms in total. The highest BCUT2D eigenvalue weighted by Gasteiger charge is 2.05. The number of ether oxygens (including phenoxy) is 1.